The summed E-state index contributed by atoms with van der Waals surface area (Å²) in [6.07, 6.45) is 3.79. The summed E-state index contributed by atoms with van der Waals surface area (Å²) in [4.78, 5) is 0. The van der Waals surface area contributed by atoms with Gasteiger partial charge in [0, 0.05) is 25.9 Å². The summed E-state index contributed by atoms with van der Waals surface area (Å²) in [7, 11) is 0. The average Bonchev–Trinajstić information content (AvgIpc) is 2.39. The predicted octanol–water partition coefficient (Wildman–Crippen LogP) is 3.77. The topological polar surface area (TPSA) is 27.7 Å². The first-order valence-corrected chi connectivity index (χ1v) is 6.83. The summed E-state index contributed by atoms with van der Waals surface area (Å²) >= 11 is 0. The minimum Gasteiger partial charge on any atom is -0.324 e. The van der Waals surface area contributed by atoms with E-state index in [4.69, 9.17) is 14.2 Å². The summed E-state index contributed by atoms with van der Waals surface area (Å²) in [6, 6.07) is 8.26. The van der Waals surface area contributed by atoms with E-state index < -0.39 is 5.97 Å². The standard InChI is InChI=1S/C16H24O3/c1-5-17-16(18-6-2,19-7-3)13-12-15-10-8-14(4)9-11-15/h8-13H,5-7H2,1-4H3/b13-12+. The predicted molar refractivity (Wildman–Crippen MR) is 77.8 cm³/mol. The van der Waals surface area contributed by atoms with Crippen LogP contribution in [0.25, 0.3) is 6.08 Å². The number of hydrogen-bond donors (Lipinski definition) is 0. The first-order valence-electron chi connectivity index (χ1n) is 6.83. The molecule has 0 bridgehead atoms. The van der Waals surface area contributed by atoms with Gasteiger partial charge in [-0.05, 0) is 33.3 Å². The average molecular weight is 264 g/mol. The molecule has 3 heteroatoms. The minimum absolute atomic E-state index is 0.526. The van der Waals surface area contributed by atoms with Crippen LogP contribution in [0.4, 0.5) is 0 Å². The molecular weight excluding hydrogens is 240 g/mol. The van der Waals surface area contributed by atoms with E-state index in [1.54, 1.807) is 0 Å². The fourth-order valence-corrected chi connectivity index (χ4v) is 1.75. The van der Waals surface area contributed by atoms with Gasteiger partial charge < -0.3 is 14.2 Å². The Labute approximate surface area is 116 Å². The fraction of sp³-hybridized carbons (Fsp3) is 0.500. The molecule has 0 radical (unpaired) electrons. The van der Waals surface area contributed by atoms with E-state index in [0.717, 1.165) is 5.56 Å². The molecule has 0 heterocycles. The second-order valence-electron chi connectivity index (χ2n) is 4.15. The van der Waals surface area contributed by atoms with Crippen LogP contribution in [0, 0.1) is 6.92 Å². The Morgan fingerprint density at radius 1 is 0.895 bits per heavy atom. The lowest BCUT2D eigenvalue weighted by Crippen LogP contribution is -2.37. The molecular formula is C16H24O3. The van der Waals surface area contributed by atoms with Crippen LogP contribution >= 0.6 is 0 Å². The van der Waals surface area contributed by atoms with E-state index >= 15 is 0 Å². The first kappa shape index (κ1) is 15.9. The Kier molecular flexibility index (Phi) is 6.78. The lowest BCUT2D eigenvalue weighted by Gasteiger charge is -2.29. The summed E-state index contributed by atoms with van der Waals surface area (Å²) in [5.74, 6) is -1.08. The van der Waals surface area contributed by atoms with Gasteiger partial charge >= 0.3 is 5.97 Å². The van der Waals surface area contributed by atoms with Crippen molar-refractivity contribution in [3.63, 3.8) is 0 Å². The number of hydrogen-bond acceptors (Lipinski definition) is 3. The largest absolute Gasteiger partial charge is 0.324 e. The second kappa shape index (κ2) is 8.10. The Morgan fingerprint density at radius 3 is 1.79 bits per heavy atom. The van der Waals surface area contributed by atoms with Crippen molar-refractivity contribution in [2.75, 3.05) is 19.8 Å². The van der Waals surface area contributed by atoms with Crippen molar-refractivity contribution < 1.29 is 14.2 Å². The Hall–Kier alpha value is -1.16. The van der Waals surface area contributed by atoms with E-state index in [2.05, 4.69) is 31.2 Å². The highest BCUT2D eigenvalue weighted by Crippen LogP contribution is 2.19. The number of ether oxygens (including phenoxy) is 3. The maximum Gasteiger partial charge on any atom is 0.304 e. The molecule has 0 amide bonds. The third kappa shape index (κ3) is 5.15. The molecule has 0 saturated carbocycles. The summed E-state index contributed by atoms with van der Waals surface area (Å²) in [5.41, 5.74) is 2.33. The SMILES string of the molecule is CCOC(/C=C/c1ccc(C)cc1)(OCC)OCC. The molecule has 19 heavy (non-hydrogen) atoms. The second-order valence-corrected chi connectivity index (χ2v) is 4.15. The number of aryl methyl sites for hydroxylation is 1. The molecule has 0 aromatic heterocycles. The van der Waals surface area contributed by atoms with Gasteiger partial charge in [0.2, 0.25) is 0 Å². The molecule has 0 aliphatic carbocycles. The van der Waals surface area contributed by atoms with Gasteiger partial charge in [-0.15, -0.1) is 0 Å². The van der Waals surface area contributed by atoms with Gasteiger partial charge in [-0.1, -0.05) is 35.9 Å². The minimum atomic E-state index is -1.08. The maximum atomic E-state index is 5.62. The van der Waals surface area contributed by atoms with Gasteiger partial charge in [-0.3, -0.25) is 0 Å². The highest BCUT2D eigenvalue weighted by molar-refractivity contribution is 5.50. The van der Waals surface area contributed by atoms with E-state index in [0.29, 0.717) is 19.8 Å². The molecule has 3 nitrogen and oxygen atoms in total. The molecule has 0 saturated heterocycles. The van der Waals surface area contributed by atoms with Crippen molar-refractivity contribution >= 4 is 6.08 Å². The highest BCUT2D eigenvalue weighted by atomic mass is 16.9. The molecule has 106 valence electrons. The Balaban J connectivity index is 2.87. The van der Waals surface area contributed by atoms with Crippen molar-refractivity contribution in [3.05, 3.63) is 41.5 Å². The van der Waals surface area contributed by atoms with Crippen LogP contribution in [0.1, 0.15) is 31.9 Å². The van der Waals surface area contributed by atoms with Crippen molar-refractivity contribution in [1.82, 2.24) is 0 Å². The van der Waals surface area contributed by atoms with Crippen LogP contribution in [0.5, 0.6) is 0 Å². The maximum absolute atomic E-state index is 5.62. The smallest absolute Gasteiger partial charge is 0.304 e. The molecule has 1 aromatic carbocycles. The van der Waals surface area contributed by atoms with Crippen LogP contribution in [0.3, 0.4) is 0 Å². The first-order chi connectivity index (χ1) is 9.15. The zero-order chi connectivity index (χ0) is 14.1. The highest BCUT2D eigenvalue weighted by Gasteiger charge is 2.28. The van der Waals surface area contributed by atoms with Crippen LogP contribution < -0.4 is 0 Å². The van der Waals surface area contributed by atoms with Gasteiger partial charge in [0.05, 0.1) is 0 Å². The number of rotatable bonds is 8. The molecule has 1 aromatic rings. The van der Waals surface area contributed by atoms with Gasteiger partial charge in [-0.25, -0.2) is 0 Å². The van der Waals surface area contributed by atoms with Crippen molar-refractivity contribution in [2.24, 2.45) is 0 Å². The molecule has 1 rings (SSSR count). The van der Waals surface area contributed by atoms with Crippen molar-refractivity contribution in [2.45, 2.75) is 33.7 Å². The zero-order valence-corrected chi connectivity index (χ0v) is 12.3. The van der Waals surface area contributed by atoms with Gasteiger partial charge in [0.15, 0.2) is 0 Å². The van der Waals surface area contributed by atoms with Gasteiger partial charge in [-0.2, -0.15) is 0 Å². The lowest BCUT2D eigenvalue weighted by atomic mass is 10.1. The molecule has 0 fully saturated rings. The zero-order valence-electron chi connectivity index (χ0n) is 12.3. The number of benzene rings is 1. The van der Waals surface area contributed by atoms with Gasteiger partial charge in [0.25, 0.3) is 0 Å². The molecule has 0 aliphatic rings. The van der Waals surface area contributed by atoms with Crippen molar-refractivity contribution in [3.8, 4) is 0 Å². The third-order valence-electron chi connectivity index (χ3n) is 2.59. The van der Waals surface area contributed by atoms with Crippen LogP contribution in [-0.2, 0) is 14.2 Å². The normalized spacial score (nSPS) is 12.2. The van der Waals surface area contributed by atoms with Crippen LogP contribution in [0.2, 0.25) is 0 Å². The van der Waals surface area contributed by atoms with Crippen LogP contribution in [0.15, 0.2) is 30.3 Å². The monoisotopic (exact) mass is 264 g/mol. The molecule has 0 spiro atoms. The Bertz CT molecular complexity index is 364. The van der Waals surface area contributed by atoms with Crippen LogP contribution in [-0.4, -0.2) is 25.8 Å². The van der Waals surface area contributed by atoms with E-state index in [9.17, 15) is 0 Å². The lowest BCUT2D eigenvalue weighted by molar-refractivity contribution is -0.345. The summed E-state index contributed by atoms with van der Waals surface area (Å²) in [6.45, 7) is 9.42. The van der Waals surface area contributed by atoms with Gasteiger partial charge in [0.1, 0.15) is 0 Å². The fourth-order valence-electron chi connectivity index (χ4n) is 1.75. The molecule has 0 unspecified atom stereocenters. The molecule has 0 atom stereocenters. The van der Waals surface area contributed by atoms with E-state index in [-0.39, 0.29) is 0 Å². The summed E-state index contributed by atoms with van der Waals surface area (Å²) in [5, 5.41) is 0. The quantitative estimate of drug-likeness (QED) is 0.669. The Morgan fingerprint density at radius 2 is 1.37 bits per heavy atom. The third-order valence-corrected chi connectivity index (χ3v) is 2.59. The van der Waals surface area contributed by atoms with E-state index in [1.165, 1.54) is 5.56 Å². The van der Waals surface area contributed by atoms with Crippen molar-refractivity contribution in [1.29, 1.82) is 0 Å². The summed E-state index contributed by atoms with van der Waals surface area (Å²) < 4.78 is 16.9. The molecule has 0 N–H and O–H groups in total. The molecule has 0 aliphatic heterocycles. The van der Waals surface area contributed by atoms with E-state index in [1.807, 2.05) is 32.9 Å².